The van der Waals surface area contributed by atoms with Gasteiger partial charge < -0.3 is 4.42 Å². The first-order chi connectivity index (χ1) is 8.11. The highest BCUT2D eigenvalue weighted by atomic mass is 16.3. The van der Waals surface area contributed by atoms with Crippen LogP contribution in [0.25, 0.3) is 0 Å². The van der Waals surface area contributed by atoms with Crippen LogP contribution < -0.4 is 0 Å². The van der Waals surface area contributed by atoms with Crippen molar-refractivity contribution in [2.75, 3.05) is 0 Å². The third-order valence-corrected chi connectivity index (χ3v) is 2.66. The summed E-state index contributed by atoms with van der Waals surface area (Å²) in [5.74, 6) is 2.04. The van der Waals surface area contributed by atoms with Gasteiger partial charge in [-0.1, -0.05) is 6.92 Å². The third kappa shape index (κ3) is 5.48. The normalized spacial score (nSPS) is 10.5. The Morgan fingerprint density at radius 2 is 1.71 bits per heavy atom. The molecule has 1 rings (SSSR count). The van der Waals surface area contributed by atoms with E-state index in [1.165, 1.54) is 0 Å². The second-order valence-corrected chi connectivity index (χ2v) is 4.34. The van der Waals surface area contributed by atoms with Gasteiger partial charge in [-0.2, -0.15) is 0 Å². The predicted octanol–water partition coefficient (Wildman–Crippen LogP) is 3.24. The average molecular weight is 236 g/mol. The van der Waals surface area contributed by atoms with Gasteiger partial charge in [0.2, 0.25) is 0 Å². The van der Waals surface area contributed by atoms with Crippen LogP contribution in [-0.2, 0) is 16.0 Å². The molecule has 1 heterocycles. The van der Waals surface area contributed by atoms with E-state index >= 15 is 0 Å². The fourth-order valence-corrected chi connectivity index (χ4v) is 1.69. The number of Topliss-reactive ketones (excluding diaryl/α,β-unsaturated/α-hetero) is 2. The molecule has 0 aromatic carbocycles. The van der Waals surface area contributed by atoms with Crippen molar-refractivity contribution in [1.82, 2.24) is 0 Å². The van der Waals surface area contributed by atoms with Crippen molar-refractivity contribution in [3.8, 4) is 0 Å². The van der Waals surface area contributed by atoms with Crippen molar-refractivity contribution in [1.29, 1.82) is 0 Å². The number of furan rings is 1. The molecule has 0 aliphatic carbocycles. The maximum atomic E-state index is 11.5. The Morgan fingerprint density at radius 3 is 2.24 bits per heavy atom. The van der Waals surface area contributed by atoms with Crippen molar-refractivity contribution in [2.24, 2.45) is 0 Å². The van der Waals surface area contributed by atoms with E-state index < -0.39 is 0 Å². The molecule has 0 unspecified atom stereocenters. The lowest BCUT2D eigenvalue weighted by Crippen LogP contribution is -2.04. The number of hydrogen-bond acceptors (Lipinski definition) is 3. The van der Waals surface area contributed by atoms with Gasteiger partial charge in [-0.3, -0.25) is 9.59 Å². The van der Waals surface area contributed by atoms with Crippen LogP contribution in [0.3, 0.4) is 0 Å². The Kier molecular flexibility index (Phi) is 5.67. The fraction of sp³-hybridized carbons (Fsp3) is 0.571. The Labute approximate surface area is 102 Å². The van der Waals surface area contributed by atoms with Crippen molar-refractivity contribution in [3.05, 3.63) is 23.7 Å². The molecule has 3 heteroatoms. The Morgan fingerprint density at radius 1 is 1.06 bits per heavy atom. The molecule has 0 amide bonds. The number of carbonyl (C=O) groups excluding carboxylic acids is 2. The molecule has 0 N–H and O–H groups in total. The molecule has 0 aliphatic rings. The van der Waals surface area contributed by atoms with E-state index in [0.29, 0.717) is 32.1 Å². The van der Waals surface area contributed by atoms with Gasteiger partial charge in [-0.05, 0) is 25.5 Å². The third-order valence-electron chi connectivity index (χ3n) is 2.66. The van der Waals surface area contributed by atoms with Crippen molar-refractivity contribution in [2.45, 2.75) is 52.4 Å². The minimum absolute atomic E-state index is 0.142. The van der Waals surface area contributed by atoms with Gasteiger partial charge in [0, 0.05) is 32.1 Å². The molecule has 0 spiro atoms. The summed E-state index contributed by atoms with van der Waals surface area (Å²) >= 11 is 0. The minimum Gasteiger partial charge on any atom is -0.466 e. The molecule has 0 radical (unpaired) electrons. The summed E-state index contributed by atoms with van der Waals surface area (Å²) in [6.45, 7) is 3.85. The molecule has 0 fully saturated rings. The Hall–Kier alpha value is -1.38. The summed E-state index contributed by atoms with van der Waals surface area (Å²) in [6.07, 6.45) is 3.31. The molecule has 1 aromatic rings. The summed E-state index contributed by atoms with van der Waals surface area (Å²) in [6, 6.07) is 3.79. The quantitative estimate of drug-likeness (QED) is 0.696. The summed E-state index contributed by atoms with van der Waals surface area (Å²) in [4.78, 5) is 22.8. The van der Waals surface area contributed by atoms with Crippen LogP contribution in [-0.4, -0.2) is 11.6 Å². The van der Waals surface area contributed by atoms with Crippen molar-refractivity contribution < 1.29 is 14.0 Å². The highest BCUT2D eigenvalue weighted by Crippen LogP contribution is 2.10. The lowest BCUT2D eigenvalue weighted by atomic mass is 10.1. The molecule has 17 heavy (non-hydrogen) atoms. The maximum absolute atomic E-state index is 11.5. The van der Waals surface area contributed by atoms with Gasteiger partial charge in [0.15, 0.2) is 0 Å². The molecular weight excluding hydrogens is 216 g/mol. The van der Waals surface area contributed by atoms with Crippen LogP contribution in [0.15, 0.2) is 16.5 Å². The average Bonchev–Trinajstić information content (AvgIpc) is 2.70. The zero-order valence-corrected chi connectivity index (χ0v) is 10.6. The second kappa shape index (κ2) is 7.05. The number of ketones is 2. The predicted molar refractivity (Wildman–Crippen MR) is 65.9 cm³/mol. The smallest absolute Gasteiger partial charge is 0.133 e. The van der Waals surface area contributed by atoms with E-state index in [1.807, 2.05) is 26.0 Å². The molecule has 0 saturated carbocycles. The number of rotatable bonds is 8. The minimum atomic E-state index is 0.142. The van der Waals surface area contributed by atoms with E-state index in [-0.39, 0.29) is 11.6 Å². The monoisotopic (exact) mass is 236 g/mol. The number of aryl methyl sites for hydroxylation is 2. The van der Waals surface area contributed by atoms with Crippen molar-refractivity contribution >= 4 is 11.6 Å². The molecule has 0 aliphatic heterocycles. The molecular formula is C14H20O3. The first-order valence-corrected chi connectivity index (χ1v) is 6.20. The van der Waals surface area contributed by atoms with Gasteiger partial charge in [-0.15, -0.1) is 0 Å². The highest BCUT2D eigenvalue weighted by molar-refractivity contribution is 5.85. The Bertz CT molecular complexity index is 377. The number of hydrogen-bond donors (Lipinski definition) is 0. The standard InChI is InChI=1S/C14H20O3/c1-3-4-12(15)6-7-13(16)8-10-14-9-5-11(2)17-14/h5,9H,3-4,6-8,10H2,1-2H3. The summed E-state index contributed by atoms with van der Waals surface area (Å²) in [7, 11) is 0. The SMILES string of the molecule is CCCC(=O)CCC(=O)CCc1ccc(C)o1. The zero-order chi connectivity index (χ0) is 12.7. The van der Waals surface area contributed by atoms with E-state index in [0.717, 1.165) is 17.9 Å². The van der Waals surface area contributed by atoms with Crippen LogP contribution in [0, 0.1) is 6.92 Å². The van der Waals surface area contributed by atoms with Gasteiger partial charge in [0.05, 0.1) is 0 Å². The van der Waals surface area contributed by atoms with E-state index in [4.69, 9.17) is 4.42 Å². The summed E-state index contributed by atoms with van der Waals surface area (Å²) in [5.41, 5.74) is 0. The molecule has 0 saturated heterocycles. The van der Waals surface area contributed by atoms with Crippen molar-refractivity contribution in [3.63, 3.8) is 0 Å². The Balaban J connectivity index is 2.19. The summed E-state index contributed by atoms with van der Waals surface area (Å²) in [5, 5.41) is 0. The second-order valence-electron chi connectivity index (χ2n) is 4.34. The van der Waals surface area contributed by atoms with Gasteiger partial charge in [-0.25, -0.2) is 0 Å². The maximum Gasteiger partial charge on any atom is 0.133 e. The van der Waals surface area contributed by atoms with Crippen LogP contribution in [0.1, 0.15) is 50.5 Å². The molecule has 94 valence electrons. The summed E-state index contributed by atoms with van der Waals surface area (Å²) < 4.78 is 5.38. The molecule has 1 aromatic heterocycles. The van der Waals surface area contributed by atoms with Crippen LogP contribution in [0.4, 0.5) is 0 Å². The lowest BCUT2D eigenvalue weighted by molar-refractivity contribution is -0.124. The van der Waals surface area contributed by atoms with Gasteiger partial charge >= 0.3 is 0 Å². The van der Waals surface area contributed by atoms with E-state index in [2.05, 4.69) is 0 Å². The van der Waals surface area contributed by atoms with Crippen LogP contribution in [0.5, 0.6) is 0 Å². The molecule has 0 bridgehead atoms. The van der Waals surface area contributed by atoms with E-state index in [9.17, 15) is 9.59 Å². The lowest BCUT2D eigenvalue weighted by Gasteiger charge is -1.99. The zero-order valence-electron chi connectivity index (χ0n) is 10.6. The van der Waals surface area contributed by atoms with Crippen LogP contribution >= 0.6 is 0 Å². The molecule has 3 nitrogen and oxygen atoms in total. The van der Waals surface area contributed by atoms with E-state index in [1.54, 1.807) is 0 Å². The largest absolute Gasteiger partial charge is 0.466 e. The first-order valence-electron chi connectivity index (χ1n) is 6.20. The number of carbonyl (C=O) groups is 2. The fourth-order valence-electron chi connectivity index (χ4n) is 1.69. The van der Waals surface area contributed by atoms with Gasteiger partial charge in [0.25, 0.3) is 0 Å². The topological polar surface area (TPSA) is 47.3 Å². The van der Waals surface area contributed by atoms with Gasteiger partial charge in [0.1, 0.15) is 23.1 Å². The highest BCUT2D eigenvalue weighted by Gasteiger charge is 2.08. The first kappa shape index (κ1) is 13.7. The molecule has 0 atom stereocenters. The van der Waals surface area contributed by atoms with Crippen LogP contribution in [0.2, 0.25) is 0 Å².